The van der Waals surface area contributed by atoms with E-state index in [1.54, 1.807) is 41.8 Å². The molecule has 0 unspecified atom stereocenters. The van der Waals surface area contributed by atoms with E-state index < -0.39 is 5.97 Å². The van der Waals surface area contributed by atoms with Gasteiger partial charge in [0.15, 0.2) is 17.1 Å². The third-order valence-electron chi connectivity index (χ3n) is 3.97. The average Bonchev–Trinajstić information content (AvgIpc) is 3.31. The van der Waals surface area contributed by atoms with E-state index in [1.165, 1.54) is 6.26 Å². The first kappa shape index (κ1) is 16.1. The Kier molecular flexibility index (Phi) is 4.00. The molecule has 1 N–H and O–H groups in total. The summed E-state index contributed by atoms with van der Waals surface area (Å²) in [5, 5.41) is 2.79. The number of carbonyl (C=O) groups excluding carboxylic acids is 2. The minimum absolute atomic E-state index is 0.0639. The van der Waals surface area contributed by atoms with E-state index in [-0.39, 0.29) is 31.5 Å². The smallest absolute Gasteiger partial charge is 0.355 e. The van der Waals surface area contributed by atoms with Crippen LogP contribution in [0.3, 0.4) is 0 Å². The second-order valence-electron chi connectivity index (χ2n) is 5.62. The molecule has 3 aromatic rings. The van der Waals surface area contributed by atoms with Gasteiger partial charge in [0.05, 0.1) is 18.4 Å². The number of fused-ring (bicyclic) bond motifs is 2. The number of rotatable bonds is 5. The number of anilines is 1. The normalized spacial score (nSPS) is 12.3. The number of furan rings is 1. The lowest BCUT2D eigenvalue weighted by atomic mass is 10.2. The zero-order valence-corrected chi connectivity index (χ0v) is 14.0. The van der Waals surface area contributed by atoms with E-state index in [9.17, 15) is 9.59 Å². The molecule has 26 heavy (non-hydrogen) atoms. The van der Waals surface area contributed by atoms with E-state index in [2.05, 4.69) is 5.32 Å². The fourth-order valence-electron chi connectivity index (χ4n) is 2.84. The Labute approximate surface area is 148 Å². The van der Waals surface area contributed by atoms with Crippen molar-refractivity contribution in [2.45, 2.75) is 13.5 Å². The molecule has 1 aliphatic heterocycles. The highest BCUT2D eigenvalue weighted by molar-refractivity contribution is 5.97. The Balaban J connectivity index is 1.56. The van der Waals surface area contributed by atoms with Gasteiger partial charge < -0.3 is 28.5 Å². The number of ether oxygens (including phenoxy) is 3. The van der Waals surface area contributed by atoms with E-state index in [0.717, 1.165) is 0 Å². The molecule has 0 radical (unpaired) electrons. The molecule has 0 saturated carbocycles. The van der Waals surface area contributed by atoms with Crippen LogP contribution >= 0.6 is 0 Å². The van der Waals surface area contributed by atoms with Crippen molar-refractivity contribution >= 4 is 28.7 Å². The highest BCUT2D eigenvalue weighted by atomic mass is 16.7. The molecule has 0 fully saturated rings. The lowest BCUT2D eigenvalue weighted by Gasteiger charge is -2.10. The van der Waals surface area contributed by atoms with Crippen molar-refractivity contribution in [2.75, 3.05) is 18.7 Å². The molecular formula is C18H16N2O6. The van der Waals surface area contributed by atoms with Gasteiger partial charge in [-0.15, -0.1) is 0 Å². The monoisotopic (exact) mass is 356 g/mol. The number of carbonyl (C=O) groups is 2. The van der Waals surface area contributed by atoms with Crippen LogP contribution in [0.4, 0.5) is 5.69 Å². The Morgan fingerprint density at radius 2 is 2.04 bits per heavy atom. The van der Waals surface area contributed by atoms with Gasteiger partial charge in [0.1, 0.15) is 12.2 Å². The van der Waals surface area contributed by atoms with Gasteiger partial charge >= 0.3 is 5.97 Å². The van der Waals surface area contributed by atoms with Crippen molar-refractivity contribution in [1.29, 1.82) is 0 Å². The van der Waals surface area contributed by atoms with Crippen LogP contribution in [0.2, 0.25) is 0 Å². The van der Waals surface area contributed by atoms with Crippen molar-refractivity contribution < 1.29 is 28.2 Å². The molecule has 4 rings (SSSR count). The van der Waals surface area contributed by atoms with Gasteiger partial charge in [-0.2, -0.15) is 0 Å². The summed E-state index contributed by atoms with van der Waals surface area (Å²) in [5.41, 5.74) is 2.01. The molecule has 2 aromatic heterocycles. The Hall–Kier alpha value is -3.42. The van der Waals surface area contributed by atoms with Gasteiger partial charge in [0, 0.05) is 23.9 Å². The molecule has 8 nitrogen and oxygen atoms in total. The number of amides is 1. The molecule has 1 aliphatic rings. The SMILES string of the molecule is CCOC(=O)c1cc2occc2n1CC(=O)Nc1ccc2c(c1)OCO2. The second kappa shape index (κ2) is 6.47. The lowest BCUT2D eigenvalue weighted by Crippen LogP contribution is -2.22. The highest BCUT2D eigenvalue weighted by Crippen LogP contribution is 2.34. The molecule has 134 valence electrons. The maximum atomic E-state index is 12.5. The maximum Gasteiger partial charge on any atom is 0.355 e. The van der Waals surface area contributed by atoms with Crippen molar-refractivity contribution in [2.24, 2.45) is 0 Å². The molecule has 1 amide bonds. The summed E-state index contributed by atoms with van der Waals surface area (Å²) in [6.45, 7) is 2.07. The average molecular weight is 356 g/mol. The fourth-order valence-corrected chi connectivity index (χ4v) is 2.84. The first-order valence-electron chi connectivity index (χ1n) is 8.09. The second-order valence-corrected chi connectivity index (χ2v) is 5.62. The minimum atomic E-state index is -0.505. The fraction of sp³-hybridized carbons (Fsp3) is 0.222. The number of hydrogen-bond acceptors (Lipinski definition) is 6. The molecular weight excluding hydrogens is 340 g/mol. The number of esters is 1. The lowest BCUT2D eigenvalue weighted by molar-refractivity contribution is -0.116. The standard InChI is InChI=1S/C18H16N2O6/c1-2-23-18(22)13-8-15-12(5-6-24-15)20(13)9-17(21)19-11-3-4-14-16(7-11)26-10-25-14/h3-8H,2,9-10H2,1H3,(H,19,21). The Morgan fingerprint density at radius 1 is 1.19 bits per heavy atom. The van der Waals surface area contributed by atoms with E-state index in [0.29, 0.717) is 28.3 Å². The predicted molar refractivity (Wildman–Crippen MR) is 91.4 cm³/mol. The third-order valence-corrected chi connectivity index (χ3v) is 3.97. The highest BCUT2D eigenvalue weighted by Gasteiger charge is 2.21. The molecule has 0 bridgehead atoms. The van der Waals surface area contributed by atoms with Crippen molar-refractivity contribution in [3.05, 3.63) is 42.3 Å². The number of benzene rings is 1. The molecule has 0 aliphatic carbocycles. The van der Waals surface area contributed by atoms with Crippen LogP contribution in [0, 0.1) is 0 Å². The van der Waals surface area contributed by atoms with E-state index in [1.807, 2.05) is 0 Å². The van der Waals surface area contributed by atoms with Crippen LogP contribution in [-0.4, -0.2) is 29.8 Å². The van der Waals surface area contributed by atoms with E-state index >= 15 is 0 Å². The summed E-state index contributed by atoms with van der Waals surface area (Å²) >= 11 is 0. The first-order chi connectivity index (χ1) is 12.7. The molecule has 3 heterocycles. The maximum absolute atomic E-state index is 12.5. The van der Waals surface area contributed by atoms with Gasteiger partial charge in [0.25, 0.3) is 0 Å². The summed E-state index contributed by atoms with van der Waals surface area (Å²) in [4.78, 5) is 24.6. The Bertz CT molecular complexity index is 987. The van der Waals surface area contributed by atoms with Gasteiger partial charge in [-0.25, -0.2) is 4.79 Å². The van der Waals surface area contributed by atoms with Crippen LogP contribution < -0.4 is 14.8 Å². The van der Waals surface area contributed by atoms with Gasteiger partial charge in [-0.3, -0.25) is 4.79 Å². The Morgan fingerprint density at radius 3 is 2.88 bits per heavy atom. The molecule has 0 atom stereocenters. The number of nitrogens with one attached hydrogen (secondary N) is 1. The van der Waals surface area contributed by atoms with Gasteiger partial charge in [-0.1, -0.05) is 0 Å². The largest absolute Gasteiger partial charge is 0.463 e. The number of hydrogen-bond donors (Lipinski definition) is 1. The number of aromatic nitrogens is 1. The van der Waals surface area contributed by atoms with Crippen LogP contribution in [0.15, 0.2) is 41.0 Å². The van der Waals surface area contributed by atoms with Gasteiger partial charge in [-0.05, 0) is 19.1 Å². The van der Waals surface area contributed by atoms with E-state index in [4.69, 9.17) is 18.6 Å². The van der Waals surface area contributed by atoms with Crippen LogP contribution in [0.1, 0.15) is 17.4 Å². The van der Waals surface area contributed by atoms with Crippen molar-refractivity contribution in [3.63, 3.8) is 0 Å². The summed E-state index contributed by atoms with van der Waals surface area (Å²) in [7, 11) is 0. The molecule has 1 aromatic carbocycles. The topological polar surface area (TPSA) is 91.9 Å². The summed E-state index contributed by atoms with van der Waals surface area (Å²) in [6.07, 6.45) is 1.51. The van der Waals surface area contributed by atoms with Crippen molar-refractivity contribution in [1.82, 2.24) is 4.57 Å². The van der Waals surface area contributed by atoms with Crippen molar-refractivity contribution in [3.8, 4) is 11.5 Å². The summed E-state index contributed by atoms with van der Waals surface area (Å²) in [6, 6.07) is 8.41. The van der Waals surface area contributed by atoms with Crippen LogP contribution in [-0.2, 0) is 16.1 Å². The minimum Gasteiger partial charge on any atom is -0.463 e. The molecule has 0 spiro atoms. The first-order valence-corrected chi connectivity index (χ1v) is 8.09. The number of nitrogens with zero attached hydrogens (tertiary/aromatic N) is 1. The zero-order chi connectivity index (χ0) is 18.1. The molecule has 0 saturated heterocycles. The summed E-state index contributed by atoms with van der Waals surface area (Å²) in [5.74, 6) is 0.411. The summed E-state index contributed by atoms with van der Waals surface area (Å²) < 4.78 is 22.5. The molecule has 8 heteroatoms. The van der Waals surface area contributed by atoms with Crippen LogP contribution in [0.25, 0.3) is 11.1 Å². The van der Waals surface area contributed by atoms with Crippen LogP contribution in [0.5, 0.6) is 11.5 Å². The zero-order valence-electron chi connectivity index (χ0n) is 14.0. The quantitative estimate of drug-likeness (QED) is 0.707. The van der Waals surface area contributed by atoms with Gasteiger partial charge in [0.2, 0.25) is 12.7 Å². The predicted octanol–water partition coefficient (Wildman–Crippen LogP) is 2.78. The third kappa shape index (κ3) is 2.85.